The predicted molar refractivity (Wildman–Crippen MR) is 59.7 cm³/mol. The summed E-state index contributed by atoms with van der Waals surface area (Å²) in [7, 11) is 1.69. The first-order chi connectivity index (χ1) is 6.68. The first-order valence-electron chi connectivity index (χ1n) is 5.50. The third-order valence-corrected chi connectivity index (χ3v) is 2.79. The first-order valence-corrected chi connectivity index (χ1v) is 5.50. The molecule has 0 rings (SSSR count). The molecular formula is C11H25NO2. The van der Waals surface area contributed by atoms with E-state index in [1.54, 1.807) is 7.11 Å². The highest BCUT2D eigenvalue weighted by Gasteiger charge is 2.17. The molecule has 0 unspecified atom stereocenters. The lowest BCUT2D eigenvalue weighted by Gasteiger charge is -2.28. The standard InChI is InChI=1S/C11H25NO2/c1-5-11(3,6-2)12-7-8-14-10-9-13-4/h12H,5-10H2,1-4H3. The van der Waals surface area contributed by atoms with E-state index in [2.05, 4.69) is 26.1 Å². The molecule has 0 aromatic carbocycles. The predicted octanol–water partition coefficient (Wildman–Crippen LogP) is 1.82. The van der Waals surface area contributed by atoms with Gasteiger partial charge in [0.15, 0.2) is 0 Å². The monoisotopic (exact) mass is 203 g/mol. The molecule has 86 valence electrons. The lowest BCUT2D eigenvalue weighted by Crippen LogP contribution is -2.42. The van der Waals surface area contributed by atoms with Gasteiger partial charge in [0.1, 0.15) is 0 Å². The smallest absolute Gasteiger partial charge is 0.0700 e. The molecule has 0 heterocycles. The van der Waals surface area contributed by atoms with Crippen LogP contribution in [0.5, 0.6) is 0 Å². The molecule has 0 radical (unpaired) electrons. The zero-order chi connectivity index (χ0) is 10.9. The van der Waals surface area contributed by atoms with E-state index in [9.17, 15) is 0 Å². The van der Waals surface area contributed by atoms with Crippen LogP contribution in [0.1, 0.15) is 33.6 Å². The summed E-state index contributed by atoms with van der Waals surface area (Å²) in [5.41, 5.74) is 0.268. The maximum Gasteiger partial charge on any atom is 0.0700 e. The van der Waals surface area contributed by atoms with Gasteiger partial charge in [0.25, 0.3) is 0 Å². The van der Waals surface area contributed by atoms with E-state index in [1.807, 2.05) is 0 Å². The summed E-state index contributed by atoms with van der Waals surface area (Å²) < 4.78 is 10.3. The van der Waals surface area contributed by atoms with Crippen LogP contribution in [0.25, 0.3) is 0 Å². The van der Waals surface area contributed by atoms with Gasteiger partial charge in [-0.25, -0.2) is 0 Å². The molecular weight excluding hydrogens is 178 g/mol. The van der Waals surface area contributed by atoms with Crippen LogP contribution in [0.15, 0.2) is 0 Å². The molecule has 0 amide bonds. The van der Waals surface area contributed by atoms with Crippen molar-refractivity contribution in [3.05, 3.63) is 0 Å². The molecule has 0 fully saturated rings. The lowest BCUT2D eigenvalue weighted by atomic mass is 9.96. The van der Waals surface area contributed by atoms with E-state index >= 15 is 0 Å². The van der Waals surface area contributed by atoms with Crippen LogP contribution in [-0.2, 0) is 9.47 Å². The van der Waals surface area contributed by atoms with Crippen molar-refractivity contribution in [1.29, 1.82) is 0 Å². The molecule has 0 bridgehead atoms. The Hall–Kier alpha value is -0.120. The Kier molecular flexibility index (Phi) is 8.14. The van der Waals surface area contributed by atoms with Crippen molar-refractivity contribution >= 4 is 0 Å². The van der Waals surface area contributed by atoms with E-state index in [-0.39, 0.29) is 5.54 Å². The quantitative estimate of drug-likeness (QED) is 0.580. The van der Waals surface area contributed by atoms with Gasteiger partial charge >= 0.3 is 0 Å². The fourth-order valence-corrected chi connectivity index (χ4v) is 1.17. The van der Waals surface area contributed by atoms with Gasteiger partial charge in [-0.15, -0.1) is 0 Å². The van der Waals surface area contributed by atoms with E-state index in [1.165, 1.54) is 0 Å². The molecule has 0 aliphatic rings. The minimum absolute atomic E-state index is 0.268. The van der Waals surface area contributed by atoms with Crippen LogP contribution in [0, 0.1) is 0 Å². The maximum absolute atomic E-state index is 5.37. The Balaban J connectivity index is 3.34. The minimum Gasteiger partial charge on any atom is -0.382 e. The normalized spacial score (nSPS) is 12.0. The largest absolute Gasteiger partial charge is 0.382 e. The van der Waals surface area contributed by atoms with E-state index in [0.29, 0.717) is 13.2 Å². The van der Waals surface area contributed by atoms with Gasteiger partial charge in [-0.1, -0.05) is 13.8 Å². The molecule has 0 aromatic rings. The van der Waals surface area contributed by atoms with Gasteiger partial charge in [0.2, 0.25) is 0 Å². The second-order valence-electron chi connectivity index (χ2n) is 3.80. The minimum atomic E-state index is 0.268. The molecule has 0 spiro atoms. The van der Waals surface area contributed by atoms with E-state index < -0.39 is 0 Å². The summed E-state index contributed by atoms with van der Waals surface area (Å²) in [5.74, 6) is 0. The number of hydrogen-bond acceptors (Lipinski definition) is 3. The number of hydrogen-bond donors (Lipinski definition) is 1. The fraction of sp³-hybridized carbons (Fsp3) is 1.00. The third-order valence-electron chi connectivity index (χ3n) is 2.79. The van der Waals surface area contributed by atoms with Gasteiger partial charge in [0.05, 0.1) is 19.8 Å². The van der Waals surface area contributed by atoms with E-state index in [0.717, 1.165) is 26.0 Å². The van der Waals surface area contributed by atoms with Crippen molar-refractivity contribution in [2.24, 2.45) is 0 Å². The maximum atomic E-state index is 5.37. The molecule has 0 aromatic heterocycles. The van der Waals surface area contributed by atoms with Crippen molar-refractivity contribution in [2.45, 2.75) is 39.2 Å². The highest BCUT2D eigenvalue weighted by molar-refractivity contribution is 4.79. The van der Waals surface area contributed by atoms with Crippen LogP contribution in [0.3, 0.4) is 0 Å². The fourth-order valence-electron chi connectivity index (χ4n) is 1.17. The van der Waals surface area contributed by atoms with Crippen molar-refractivity contribution in [3.8, 4) is 0 Å². The molecule has 3 nitrogen and oxygen atoms in total. The summed E-state index contributed by atoms with van der Waals surface area (Å²) in [5, 5.41) is 3.51. The highest BCUT2D eigenvalue weighted by atomic mass is 16.5. The topological polar surface area (TPSA) is 30.5 Å². The molecule has 0 saturated heterocycles. The molecule has 1 N–H and O–H groups in total. The second kappa shape index (κ2) is 8.21. The van der Waals surface area contributed by atoms with Gasteiger partial charge in [0, 0.05) is 19.2 Å². The van der Waals surface area contributed by atoms with Crippen molar-refractivity contribution in [2.75, 3.05) is 33.5 Å². The van der Waals surface area contributed by atoms with Crippen molar-refractivity contribution < 1.29 is 9.47 Å². The summed E-state index contributed by atoms with van der Waals surface area (Å²) >= 11 is 0. The van der Waals surface area contributed by atoms with Crippen LogP contribution >= 0.6 is 0 Å². The summed E-state index contributed by atoms with van der Waals surface area (Å²) in [4.78, 5) is 0. The number of methoxy groups -OCH3 is 1. The van der Waals surface area contributed by atoms with Crippen molar-refractivity contribution in [3.63, 3.8) is 0 Å². The second-order valence-corrected chi connectivity index (χ2v) is 3.80. The van der Waals surface area contributed by atoms with Crippen LogP contribution in [0.2, 0.25) is 0 Å². The van der Waals surface area contributed by atoms with Gasteiger partial charge in [-0.05, 0) is 19.8 Å². The molecule has 3 heteroatoms. The summed E-state index contributed by atoms with van der Waals surface area (Å²) in [6, 6.07) is 0. The number of nitrogens with one attached hydrogen (secondary N) is 1. The highest BCUT2D eigenvalue weighted by Crippen LogP contribution is 2.12. The summed E-state index contributed by atoms with van der Waals surface area (Å²) in [6.07, 6.45) is 2.31. The third kappa shape index (κ3) is 6.35. The summed E-state index contributed by atoms with van der Waals surface area (Å²) in [6.45, 7) is 9.72. The number of rotatable bonds is 9. The zero-order valence-electron chi connectivity index (χ0n) is 10.1. The Labute approximate surface area is 88.2 Å². The van der Waals surface area contributed by atoms with Crippen LogP contribution in [-0.4, -0.2) is 39.0 Å². The molecule has 14 heavy (non-hydrogen) atoms. The first kappa shape index (κ1) is 13.9. The lowest BCUT2D eigenvalue weighted by molar-refractivity contribution is 0.0688. The SMILES string of the molecule is CCC(C)(CC)NCCOCCOC. The van der Waals surface area contributed by atoms with Gasteiger partial charge in [-0.2, -0.15) is 0 Å². The molecule has 0 aliphatic heterocycles. The number of ether oxygens (including phenoxy) is 2. The van der Waals surface area contributed by atoms with Crippen molar-refractivity contribution in [1.82, 2.24) is 5.32 Å². The Morgan fingerprint density at radius 2 is 1.71 bits per heavy atom. The average molecular weight is 203 g/mol. The Morgan fingerprint density at radius 1 is 1.07 bits per heavy atom. The Bertz CT molecular complexity index is 124. The van der Waals surface area contributed by atoms with Gasteiger partial charge < -0.3 is 14.8 Å². The Morgan fingerprint density at radius 3 is 2.21 bits per heavy atom. The molecule has 0 saturated carbocycles. The van der Waals surface area contributed by atoms with Crippen LogP contribution < -0.4 is 5.32 Å². The average Bonchev–Trinajstić information content (AvgIpc) is 2.23. The molecule has 0 aliphatic carbocycles. The molecule has 0 atom stereocenters. The zero-order valence-corrected chi connectivity index (χ0v) is 10.1. The van der Waals surface area contributed by atoms with Crippen LogP contribution in [0.4, 0.5) is 0 Å². The van der Waals surface area contributed by atoms with E-state index in [4.69, 9.17) is 9.47 Å². The van der Waals surface area contributed by atoms with Gasteiger partial charge in [-0.3, -0.25) is 0 Å².